The van der Waals surface area contributed by atoms with Crippen LogP contribution in [0.15, 0.2) is 11.4 Å². The van der Waals surface area contributed by atoms with Crippen LogP contribution < -0.4 is 0 Å². The van der Waals surface area contributed by atoms with Crippen LogP contribution in [0.1, 0.15) is 30.7 Å². The number of rotatable bonds is 4. The summed E-state index contributed by atoms with van der Waals surface area (Å²) in [6.07, 6.45) is 5.05. The Morgan fingerprint density at radius 1 is 1.52 bits per heavy atom. The van der Waals surface area contributed by atoms with Crippen molar-refractivity contribution in [1.29, 1.82) is 0 Å². The molecular formula is C15H18N2O2S2. The maximum Gasteiger partial charge on any atom is 0.316 e. The van der Waals surface area contributed by atoms with Crippen LogP contribution in [-0.4, -0.2) is 28.3 Å². The minimum absolute atomic E-state index is 0.188. The largest absolute Gasteiger partial charge is 0.465 e. The lowest BCUT2D eigenvalue weighted by Crippen LogP contribution is -2.09. The van der Waals surface area contributed by atoms with Crippen LogP contribution in [0.4, 0.5) is 0 Å². The summed E-state index contributed by atoms with van der Waals surface area (Å²) in [5, 5.41) is 2.08. The predicted molar refractivity (Wildman–Crippen MR) is 86.0 cm³/mol. The van der Waals surface area contributed by atoms with Crippen molar-refractivity contribution in [2.75, 3.05) is 12.4 Å². The van der Waals surface area contributed by atoms with Gasteiger partial charge < -0.3 is 4.74 Å². The summed E-state index contributed by atoms with van der Waals surface area (Å²) in [6, 6.07) is 0. The molecule has 0 aromatic carbocycles. The monoisotopic (exact) mass is 322 g/mol. The second kappa shape index (κ2) is 6.32. The predicted octanol–water partition coefficient (Wildman–Crippen LogP) is 3.47. The summed E-state index contributed by atoms with van der Waals surface area (Å²) < 4.78 is 4.98. The summed E-state index contributed by atoms with van der Waals surface area (Å²) >= 11 is 3.24. The number of thioether (sulfide) groups is 1. The Labute approximate surface area is 132 Å². The first kappa shape index (κ1) is 14.8. The fourth-order valence-corrected chi connectivity index (χ4v) is 4.92. The lowest BCUT2D eigenvalue weighted by Gasteiger charge is -2.18. The normalized spacial score (nSPS) is 17.7. The lowest BCUT2D eigenvalue weighted by atomic mass is 9.89. The maximum atomic E-state index is 11.5. The highest BCUT2D eigenvalue weighted by atomic mass is 32.2. The van der Waals surface area contributed by atoms with Crippen molar-refractivity contribution in [3.8, 4) is 0 Å². The van der Waals surface area contributed by atoms with E-state index in [4.69, 9.17) is 4.74 Å². The van der Waals surface area contributed by atoms with Crippen LogP contribution in [0.25, 0.3) is 10.2 Å². The van der Waals surface area contributed by atoms with Gasteiger partial charge >= 0.3 is 5.97 Å². The van der Waals surface area contributed by atoms with Crippen LogP contribution in [0.2, 0.25) is 0 Å². The summed E-state index contributed by atoms with van der Waals surface area (Å²) in [6.45, 7) is 4.54. The molecule has 0 fully saturated rings. The van der Waals surface area contributed by atoms with E-state index in [1.54, 1.807) is 17.7 Å². The van der Waals surface area contributed by atoms with Gasteiger partial charge in [-0.25, -0.2) is 9.97 Å². The highest BCUT2D eigenvalue weighted by molar-refractivity contribution is 8.00. The number of carbonyl (C=O) groups is 1. The molecule has 21 heavy (non-hydrogen) atoms. The molecule has 6 heteroatoms. The summed E-state index contributed by atoms with van der Waals surface area (Å²) in [7, 11) is 0. The number of esters is 1. The number of fused-ring (bicyclic) bond motifs is 3. The van der Waals surface area contributed by atoms with Crippen LogP contribution in [0.3, 0.4) is 0 Å². The fraction of sp³-hybridized carbons (Fsp3) is 0.533. The van der Waals surface area contributed by atoms with Crippen molar-refractivity contribution in [3.63, 3.8) is 0 Å². The van der Waals surface area contributed by atoms with E-state index in [1.807, 2.05) is 6.92 Å². The molecular weight excluding hydrogens is 304 g/mol. The third-order valence-corrected chi connectivity index (χ3v) is 5.81. The van der Waals surface area contributed by atoms with E-state index in [9.17, 15) is 4.79 Å². The van der Waals surface area contributed by atoms with Crippen molar-refractivity contribution < 1.29 is 9.53 Å². The average molecular weight is 322 g/mol. The molecule has 1 aliphatic carbocycles. The van der Waals surface area contributed by atoms with Crippen LogP contribution in [0.5, 0.6) is 0 Å². The van der Waals surface area contributed by atoms with Gasteiger partial charge in [-0.2, -0.15) is 0 Å². The van der Waals surface area contributed by atoms with E-state index in [1.165, 1.54) is 34.0 Å². The average Bonchev–Trinajstić information content (AvgIpc) is 2.83. The molecule has 2 aromatic heterocycles. The highest BCUT2D eigenvalue weighted by Gasteiger charge is 2.23. The molecule has 0 N–H and O–H groups in total. The second-order valence-corrected chi connectivity index (χ2v) is 7.35. The van der Waals surface area contributed by atoms with E-state index in [2.05, 4.69) is 16.9 Å². The molecule has 1 unspecified atom stereocenters. The lowest BCUT2D eigenvalue weighted by molar-refractivity contribution is -0.139. The first-order chi connectivity index (χ1) is 10.2. The number of thiophene rings is 1. The third-order valence-electron chi connectivity index (χ3n) is 3.69. The van der Waals surface area contributed by atoms with Gasteiger partial charge in [-0.05, 0) is 37.7 Å². The molecule has 1 aliphatic rings. The molecule has 0 saturated heterocycles. The van der Waals surface area contributed by atoms with Gasteiger partial charge in [0, 0.05) is 10.3 Å². The number of hydrogen-bond acceptors (Lipinski definition) is 6. The van der Waals surface area contributed by atoms with E-state index >= 15 is 0 Å². The Kier molecular flexibility index (Phi) is 4.45. The number of ether oxygens (including phenoxy) is 1. The summed E-state index contributed by atoms with van der Waals surface area (Å²) in [5.41, 5.74) is 1.40. The Morgan fingerprint density at radius 3 is 3.19 bits per heavy atom. The number of carbonyl (C=O) groups excluding carboxylic acids is 1. The topological polar surface area (TPSA) is 52.1 Å². The van der Waals surface area contributed by atoms with Gasteiger partial charge in [-0.15, -0.1) is 11.3 Å². The Morgan fingerprint density at radius 2 is 2.38 bits per heavy atom. The molecule has 3 rings (SSSR count). The zero-order valence-electron chi connectivity index (χ0n) is 12.2. The van der Waals surface area contributed by atoms with Gasteiger partial charge in [-0.3, -0.25) is 4.79 Å². The van der Waals surface area contributed by atoms with E-state index in [0.29, 0.717) is 12.4 Å². The Hall–Kier alpha value is -1.14. The fourth-order valence-electron chi connectivity index (χ4n) is 2.69. The van der Waals surface area contributed by atoms with Gasteiger partial charge in [0.1, 0.15) is 16.2 Å². The van der Waals surface area contributed by atoms with Gasteiger partial charge in [0.15, 0.2) is 0 Å². The summed E-state index contributed by atoms with van der Waals surface area (Å²) in [4.78, 5) is 22.8. The van der Waals surface area contributed by atoms with E-state index < -0.39 is 0 Å². The number of aryl methyl sites for hydroxylation is 1. The van der Waals surface area contributed by atoms with Crippen molar-refractivity contribution in [2.24, 2.45) is 5.92 Å². The molecule has 0 amide bonds. The van der Waals surface area contributed by atoms with Crippen molar-refractivity contribution in [2.45, 2.75) is 38.1 Å². The molecule has 4 nitrogen and oxygen atoms in total. The minimum Gasteiger partial charge on any atom is -0.465 e. The van der Waals surface area contributed by atoms with Crippen LogP contribution >= 0.6 is 23.1 Å². The van der Waals surface area contributed by atoms with Gasteiger partial charge in [0.05, 0.1) is 12.4 Å². The van der Waals surface area contributed by atoms with Crippen LogP contribution in [0, 0.1) is 5.92 Å². The smallest absolute Gasteiger partial charge is 0.316 e. The third kappa shape index (κ3) is 3.06. The van der Waals surface area contributed by atoms with Gasteiger partial charge in [-0.1, -0.05) is 18.7 Å². The van der Waals surface area contributed by atoms with Crippen molar-refractivity contribution in [3.05, 3.63) is 16.8 Å². The zero-order valence-corrected chi connectivity index (χ0v) is 13.9. The van der Waals surface area contributed by atoms with Gasteiger partial charge in [0.25, 0.3) is 0 Å². The molecule has 2 aromatic rings. The maximum absolute atomic E-state index is 11.5. The first-order valence-corrected chi connectivity index (χ1v) is 9.03. The highest BCUT2D eigenvalue weighted by Crippen LogP contribution is 2.40. The number of hydrogen-bond donors (Lipinski definition) is 0. The molecule has 0 bridgehead atoms. The molecule has 0 radical (unpaired) electrons. The minimum atomic E-state index is -0.188. The molecule has 2 heterocycles. The molecule has 0 spiro atoms. The van der Waals surface area contributed by atoms with E-state index in [-0.39, 0.29) is 5.97 Å². The number of nitrogens with zero attached hydrogens (tertiary/aromatic N) is 2. The first-order valence-electron chi connectivity index (χ1n) is 7.22. The molecule has 0 saturated carbocycles. The Balaban J connectivity index is 1.90. The van der Waals surface area contributed by atoms with Crippen molar-refractivity contribution in [1.82, 2.24) is 9.97 Å². The van der Waals surface area contributed by atoms with Crippen molar-refractivity contribution >= 4 is 39.3 Å². The molecule has 1 atom stereocenters. The SMILES string of the molecule is CCOC(=O)CSc1ncnc2sc3c(c12)CCC(C)C3. The molecule has 112 valence electrons. The Bertz CT molecular complexity index is 669. The molecule has 0 aliphatic heterocycles. The van der Waals surface area contributed by atoms with Crippen LogP contribution in [-0.2, 0) is 22.4 Å². The summed E-state index contributed by atoms with van der Waals surface area (Å²) in [5.74, 6) is 0.863. The second-order valence-electron chi connectivity index (χ2n) is 5.30. The van der Waals surface area contributed by atoms with Gasteiger partial charge in [0.2, 0.25) is 0 Å². The quantitative estimate of drug-likeness (QED) is 0.490. The number of aromatic nitrogens is 2. The standard InChI is InChI=1S/C15H18N2O2S2/c1-3-19-12(18)7-20-14-13-10-5-4-9(2)6-11(10)21-15(13)17-8-16-14/h8-9H,3-7H2,1-2H3. The zero-order chi connectivity index (χ0) is 14.8. The van der Waals surface area contributed by atoms with E-state index in [0.717, 1.165) is 28.6 Å².